The van der Waals surface area contributed by atoms with Gasteiger partial charge in [0.1, 0.15) is 0 Å². The molecule has 20 heavy (non-hydrogen) atoms. The summed E-state index contributed by atoms with van der Waals surface area (Å²) < 4.78 is 22.9. The van der Waals surface area contributed by atoms with E-state index in [0.29, 0.717) is 6.54 Å². The fourth-order valence-corrected chi connectivity index (χ4v) is 2.66. The van der Waals surface area contributed by atoms with Crippen molar-refractivity contribution in [3.63, 3.8) is 0 Å². The van der Waals surface area contributed by atoms with Gasteiger partial charge in [0.05, 0.1) is 12.3 Å². The highest BCUT2D eigenvalue weighted by atomic mass is 32.2. The van der Waals surface area contributed by atoms with Crippen molar-refractivity contribution in [1.82, 2.24) is 10.6 Å². The van der Waals surface area contributed by atoms with Crippen molar-refractivity contribution in [3.8, 4) is 0 Å². The van der Waals surface area contributed by atoms with E-state index >= 15 is 0 Å². The van der Waals surface area contributed by atoms with Gasteiger partial charge in [-0.2, -0.15) is 0 Å². The Hall–Kier alpha value is -1.56. The molecule has 0 amide bonds. The van der Waals surface area contributed by atoms with Crippen LogP contribution in [0.5, 0.6) is 0 Å². The SMILES string of the molecule is CCNC(=NCc1ccccc1CS(C)(=O)=O)NCC. The zero-order valence-corrected chi connectivity index (χ0v) is 13.1. The number of nitrogens with zero attached hydrogens (tertiary/aromatic N) is 1. The van der Waals surface area contributed by atoms with Gasteiger partial charge in [0.15, 0.2) is 15.8 Å². The fraction of sp³-hybridized carbons (Fsp3) is 0.500. The molecule has 0 spiro atoms. The number of sulfone groups is 1. The van der Waals surface area contributed by atoms with Crippen LogP contribution in [0, 0.1) is 0 Å². The molecule has 1 rings (SSSR count). The summed E-state index contributed by atoms with van der Waals surface area (Å²) in [6.45, 7) is 6.05. The predicted molar refractivity (Wildman–Crippen MR) is 83.5 cm³/mol. The maximum Gasteiger partial charge on any atom is 0.191 e. The third-order valence-corrected chi connectivity index (χ3v) is 3.47. The van der Waals surface area contributed by atoms with E-state index in [9.17, 15) is 8.42 Å². The molecule has 112 valence electrons. The Balaban J connectivity index is 2.88. The van der Waals surface area contributed by atoms with E-state index in [1.807, 2.05) is 38.1 Å². The Bertz CT molecular complexity index is 545. The maximum atomic E-state index is 11.4. The first-order valence-electron chi connectivity index (χ1n) is 6.73. The van der Waals surface area contributed by atoms with Crippen LogP contribution in [0.15, 0.2) is 29.3 Å². The lowest BCUT2D eigenvalue weighted by Crippen LogP contribution is -2.37. The summed E-state index contributed by atoms with van der Waals surface area (Å²) in [7, 11) is -3.04. The van der Waals surface area contributed by atoms with Gasteiger partial charge >= 0.3 is 0 Å². The van der Waals surface area contributed by atoms with Crippen molar-refractivity contribution in [3.05, 3.63) is 35.4 Å². The summed E-state index contributed by atoms with van der Waals surface area (Å²) in [6, 6.07) is 7.51. The quantitative estimate of drug-likeness (QED) is 0.613. The van der Waals surface area contributed by atoms with Gasteiger partial charge in [-0.25, -0.2) is 13.4 Å². The molecular formula is C14H23N3O2S. The van der Waals surface area contributed by atoms with Crippen LogP contribution in [0.3, 0.4) is 0 Å². The monoisotopic (exact) mass is 297 g/mol. The van der Waals surface area contributed by atoms with Crippen molar-refractivity contribution in [1.29, 1.82) is 0 Å². The van der Waals surface area contributed by atoms with Crippen LogP contribution in [0.4, 0.5) is 0 Å². The number of hydrogen-bond acceptors (Lipinski definition) is 3. The lowest BCUT2D eigenvalue weighted by molar-refractivity contribution is 0.601. The van der Waals surface area contributed by atoms with Crippen LogP contribution in [-0.2, 0) is 22.1 Å². The van der Waals surface area contributed by atoms with Crippen molar-refractivity contribution in [2.75, 3.05) is 19.3 Å². The summed E-state index contributed by atoms with van der Waals surface area (Å²) in [4.78, 5) is 4.46. The van der Waals surface area contributed by atoms with Crippen LogP contribution < -0.4 is 10.6 Å². The van der Waals surface area contributed by atoms with E-state index in [-0.39, 0.29) is 5.75 Å². The van der Waals surface area contributed by atoms with Crippen LogP contribution in [-0.4, -0.2) is 33.7 Å². The largest absolute Gasteiger partial charge is 0.357 e. The molecule has 1 aromatic carbocycles. The molecule has 0 bridgehead atoms. The molecule has 0 aliphatic rings. The molecule has 6 heteroatoms. The second-order valence-corrected chi connectivity index (χ2v) is 6.70. The summed E-state index contributed by atoms with van der Waals surface area (Å²) in [5.74, 6) is 0.792. The summed E-state index contributed by atoms with van der Waals surface area (Å²) in [5, 5.41) is 6.28. The van der Waals surface area contributed by atoms with Crippen LogP contribution in [0.2, 0.25) is 0 Å². The second kappa shape index (κ2) is 7.89. The van der Waals surface area contributed by atoms with Gasteiger partial charge in [-0.3, -0.25) is 0 Å². The highest BCUT2D eigenvalue weighted by Crippen LogP contribution is 2.13. The van der Waals surface area contributed by atoms with Crippen molar-refractivity contribution < 1.29 is 8.42 Å². The normalized spacial score (nSPS) is 10.9. The first kappa shape index (κ1) is 16.5. The summed E-state index contributed by atoms with van der Waals surface area (Å²) in [5.41, 5.74) is 1.75. The minimum Gasteiger partial charge on any atom is -0.357 e. The molecular weight excluding hydrogens is 274 g/mol. The average Bonchev–Trinajstić information content (AvgIpc) is 2.36. The predicted octanol–water partition coefficient (Wildman–Crippen LogP) is 1.31. The van der Waals surface area contributed by atoms with Gasteiger partial charge in [0.2, 0.25) is 0 Å². The minimum absolute atomic E-state index is 0.0520. The van der Waals surface area contributed by atoms with E-state index in [2.05, 4.69) is 15.6 Å². The summed E-state index contributed by atoms with van der Waals surface area (Å²) >= 11 is 0. The third-order valence-electron chi connectivity index (χ3n) is 2.63. The molecule has 0 radical (unpaired) electrons. The van der Waals surface area contributed by atoms with Crippen molar-refractivity contribution in [2.24, 2.45) is 4.99 Å². The Kier molecular flexibility index (Phi) is 6.51. The van der Waals surface area contributed by atoms with Gasteiger partial charge in [-0.05, 0) is 25.0 Å². The first-order valence-corrected chi connectivity index (χ1v) is 8.79. The first-order chi connectivity index (χ1) is 9.46. The molecule has 0 atom stereocenters. The van der Waals surface area contributed by atoms with Crippen molar-refractivity contribution in [2.45, 2.75) is 26.1 Å². The van der Waals surface area contributed by atoms with Gasteiger partial charge in [0.25, 0.3) is 0 Å². The van der Waals surface area contributed by atoms with Crippen LogP contribution in [0.25, 0.3) is 0 Å². The molecule has 0 unspecified atom stereocenters. The third kappa shape index (κ3) is 6.06. The molecule has 1 aromatic rings. The second-order valence-electron chi connectivity index (χ2n) is 4.56. The summed E-state index contributed by atoms with van der Waals surface area (Å²) in [6.07, 6.45) is 1.25. The Morgan fingerprint density at radius 1 is 1.10 bits per heavy atom. The molecule has 2 N–H and O–H groups in total. The molecule has 5 nitrogen and oxygen atoms in total. The Labute approximate surface area is 121 Å². The van der Waals surface area contributed by atoms with E-state index in [0.717, 1.165) is 30.2 Å². The fourth-order valence-electron chi connectivity index (χ4n) is 1.81. The number of aliphatic imine (C=N–C) groups is 1. The van der Waals surface area contributed by atoms with E-state index in [1.165, 1.54) is 6.26 Å². The zero-order chi connectivity index (χ0) is 15.0. The molecule has 0 saturated carbocycles. The molecule has 0 aliphatic heterocycles. The lowest BCUT2D eigenvalue weighted by Gasteiger charge is -2.10. The van der Waals surface area contributed by atoms with E-state index in [1.54, 1.807) is 0 Å². The van der Waals surface area contributed by atoms with Crippen molar-refractivity contribution >= 4 is 15.8 Å². The number of rotatable bonds is 6. The zero-order valence-electron chi connectivity index (χ0n) is 12.3. The number of nitrogens with one attached hydrogen (secondary N) is 2. The smallest absolute Gasteiger partial charge is 0.191 e. The van der Waals surface area contributed by atoms with Gasteiger partial charge < -0.3 is 10.6 Å². The van der Waals surface area contributed by atoms with Gasteiger partial charge in [-0.15, -0.1) is 0 Å². The standard InChI is InChI=1S/C14H23N3O2S/c1-4-15-14(16-5-2)17-10-12-8-6-7-9-13(12)11-20(3,18)19/h6-9H,4-5,10-11H2,1-3H3,(H2,15,16,17). The lowest BCUT2D eigenvalue weighted by atomic mass is 10.1. The van der Waals surface area contributed by atoms with E-state index < -0.39 is 9.84 Å². The van der Waals surface area contributed by atoms with Gasteiger partial charge in [0, 0.05) is 19.3 Å². The average molecular weight is 297 g/mol. The number of benzene rings is 1. The highest BCUT2D eigenvalue weighted by Gasteiger charge is 2.08. The van der Waals surface area contributed by atoms with Crippen LogP contribution in [0.1, 0.15) is 25.0 Å². The molecule has 0 aromatic heterocycles. The van der Waals surface area contributed by atoms with E-state index in [4.69, 9.17) is 0 Å². The molecule has 0 fully saturated rings. The minimum atomic E-state index is -3.04. The Morgan fingerprint density at radius 3 is 2.15 bits per heavy atom. The molecule has 0 saturated heterocycles. The van der Waals surface area contributed by atoms with Crippen LogP contribution >= 0.6 is 0 Å². The number of hydrogen-bond donors (Lipinski definition) is 2. The Morgan fingerprint density at radius 2 is 1.65 bits per heavy atom. The molecule has 0 aliphatic carbocycles. The van der Waals surface area contributed by atoms with Gasteiger partial charge in [-0.1, -0.05) is 24.3 Å². The topological polar surface area (TPSA) is 70.6 Å². The maximum absolute atomic E-state index is 11.4. The molecule has 0 heterocycles. The highest BCUT2D eigenvalue weighted by molar-refractivity contribution is 7.89. The number of guanidine groups is 1.